The van der Waals surface area contributed by atoms with Crippen molar-refractivity contribution in [3.63, 3.8) is 0 Å². The topological polar surface area (TPSA) is 138 Å². The summed E-state index contributed by atoms with van der Waals surface area (Å²) in [5.41, 5.74) is -0.908. The van der Waals surface area contributed by atoms with E-state index >= 15 is 4.39 Å². The van der Waals surface area contributed by atoms with Crippen LogP contribution in [0.15, 0.2) is 70.9 Å². The Kier molecular flexibility index (Phi) is 28.8. The molecule has 0 bridgehead atoms. The molecule has 17 heteroatoms. The highest BCUT2D eigenvalue weighted by Gasteiger charge is 2.44. The number of allylic oxidation sites excluding steroid dienone is 6. The minimum absolute atomic E-state index is 0.0147. The van der Waals surface area contributed by atoms with E-state index in [-0.39, 0.29) is 56.4 Å². The van der Waals surface area contributed by atoms with Gasteiger partial charge in [0.15, 0.2) is 34.8 Å². The summed E-state index contributed by atoms with van der Waals surface area (Å²) in [7, 11) is 0. The Hall–Kier alpha value is -7.38. The molecule has 4 aromatic heterocycles. The van der Waals surface area contributed by atoms with Crippen LogP contribution in [0.2, 0.25) is 0 Å². The van der Waals surface area contributed by atoms with Crippen molar-refractivity contribution in [2.75, 3.05) is 13.2 Å². The van der Waals surface area contributed by atoms with Crippen LogP contribution in [0.3, 0.4) is 0 Å². The average Bonchev–Trinajstić information content (AvgIpc) is 1.58. The first-order chi connectivity index (χ1) is 48.6. The highest BCUT2D eigenvalue weighted by atomic mass is 32.1. The van der Waals surface area contributed by atoms with Gasteiger partial charge in [0.1, 0.15) is 40.6 Å². The first kappa shape index (κ1) is 76.8. The average molecular weight is 1430 g/mol. The summed E-state index contributed by atoms with van der Waals surface area (Å²) in [6.07, 6.45) is 36.2. The Morgan fingerprint density at radius 3 is 1.32 bits per heavy atom. The molecule has 100 heavy (non-hydrogen) atoms. The van der Waals surface area contributed by atoms with Crippen LogP contribution in [-0.4, -0.2) is 24.8 Å². The van der Waals surface area contributed by atoms with Crippen LogP contribution in [0.4, 0.5) is 17.6 Å². The van der Waals surface area contributed by atoms with Gasteiger partial charge in [0.25, 0.3) is 5.70 Å². The van der Waals surface area contributed by atoms with Crippen LogP contribution >= 0.6 is 45.3 Å². The van der Waals surface area contributed by atoms with Gasteiger partial charge in [-0.1, -0.05) is 196 Å². The third kappa shape index (κ3) is 18.3. The molecule has 1 aliphatic heterocycles. The Morgan fingerprint density at radius 2 is 0.900 bits per heavy atom. The number of carbonyl (C=O) groups excluding carboxylic acids is 2. The third-order valence-corrected chi connectivity index (χ3v) is 24.8. The minimum Gasteiger partial charge on any atom is -0.492 e. The van der Waals surface area contributed by atoms with E-state index < -0.39 is 51.7 Å². The number of unbranched alkanes of at least 4 members (excludes halogenated alkanes) is 20. The molecule has 9 rings (SSSR count). The fourth-order valence-electron chi connectivity index (χ4n) is 14.0. The van der Waals surface area contributed by atoms with Crippen molar-refractivity contribution < 1.29 is 41.4 Å². The van der Waals surface area contributed by atoms with E-state index in [2.05, 4.69) is 58.5 Å². The summed E-state index contributed by atoms with van der Waals surface area (Å²) >= 11 is 6.03. The van der Waals surface area contributed by atoms with E-state index in [1.807, 2.05) is 30.3 Å². The van der Waals surface area contributed by atoms with Crippen LogP contribution in [0.1, 0.15) is 281 Å². The SMILES string of the molecule is [C-]#[N+]C(C#N)=C1/C(=C/c2cc(OCC(CC)CCCC)c(-c3cc4c(s3)-c3sc(-c5sc(/C=C6\C(=O)c7cc(F)c(F)cc7C6=C(C#N)C#N)cc5OCC(CC)CCCC)cc3C(CCCCCCCCCCCC)(CCCCCCCCCCCC)O4)s2)C(=O)c2cc(F)c(F)cc21. The fraction of sp³-hybridized carbons (Fsp3) is 0.494. The smallest absolute Gasteiger partial charge is 0.270 e. The number of ketones is 2. The largest absolute Gasteiger partial charge is 0.492 e. The molecule has 2 aromatic carbocycles. The minimum atomic E-state index is -1.21. The van der Waals surface area contributed by atoms with Gasteiger partial charge >= 0.3 is 0 Å². The molecule has 528 valence electrons. The predicted molar refractivity (Wildman–Crippen MR) is 402 cm³/mol. The number of fused-ring (bicyclic) bond motifs is 5. The van der Waals surface area contributed by atoms with Gasteiger partial charge < -0.3 is 14.2 Å². The predicted octanol–water partition coefficient (Wildman–Crippen LogP) is 26.4. The molecule has 2 unspecified atom stereocenters. The molecule has 0 spiro atoms. The van der Waals surface area contributed by atoms with Crippen LogP contribution in [-0.2, 0) is 5.60 Å². The number of ether oxygens (including phenoxy) is 3. The summed E-state index contributed by atoms with van der Waals surface area (Å²) in [6, 6.07) is 17.3. The Balaban J connectivity index is 1.20. The van der Waals surface area contributed by atoms with Gasteiger partial charge in [0.05, 0.1) is 50.2 Å². The number of thiophene rings is 4. The number of rotatable bonds is 40. The zero-order chi connectivity index (χ0) is 71.3. The maximum Gasteiger partial charge on any atom is 0.270 e. The number of carbonyl (C=O) groups is 2. The summed E-state index contributed by atoms with van der Waals surface area (Å²) in [4.78, 5) is 38.7. The lowest BCUT2D eigenvalue weighted by atomic mass is 9.81. The standard InChI is InChI=1S/C83H94F4N4O5S4/c1-8-14-18-20-22-24-26-28-30-32-36-83(37-33-31-29-27-25-23-21-19-15-9-2)64-46-73(80-70(94-51-53(12-5)34-16-10-3)40-56(97-80)38-62-75(55(48-88)49-89)58-42-65(84)67(86)44-60(58)77(62)92)99-79(64)82-72(96-83)47-74(100-82)81-71(95-52-54(13-6)35-17-11-4)41-57(98-81)39-63-76(69(50-90)91-7)59-43-66(85)68(87)45-61(59)78(63)93/h38-47,53-54H,8-37,51-52H2,1-6H3/b62-38-,63-39-,76-69?. The van der Waals surface area contributed by atoms with E-state index in [9.17, 15) is 38.5 Å². The molecule has 0 saturated carbocycles. The van der Waals surface area contributed by atoms with E-state index in [1.165, 1.54) is 113 Å². The Labute approximate surface area is 606 Å². The summed E-state index contributed by atoms with van der Waals surface area (Å²) in [5.74, 6) is -3.66. The van der Waals surface area contributed by atoms with Crippen LogP contribution in [0, 0.1) is 75.7 Å². The van der Waals surface area contributed by atoms with Crippen molar-refractivity contribution in [3.8, 4) is 64.7 Å². The molecule has 9 nitrogen and oxygen atoms in total. The Morgan fingerprint density at radius 1 is 0.500 bits per heavy atom. The number of hydrogen-bond acceptors (Lipinski definition) is 12. The molecule has 2 atom stereocenters. The number of nitrogens with zero attached hydrogens (tertiary/aromatic N) is 4. The van der Waals surface area contributed by atoms with E-state index in [1.54, 1.807) is 34.8 Å². The molecular weight excluding hydrogens is 1340 g/mol. The molecule has 2 aliphatic carbocycles. The van der Waals surface area contributed by atoms with E-state index in [0.717, 1.165) is 168 Å². The third-order valence-electron chi connectivity index (χ3n) is 19.9. The zero-order valence-electron chi connectivity index (χ0n) is 59.0. The van der Waals surface area contributed by atoms with Crippen molar-refractivity contribution in [2.45, 2.75) is 240 Å². The lowest BCUT2D eigenvalue weighted by Gasteiger charge is -2.38. The van der Waals surface area contributed by atoms with Crippen molar-refractivity contribution in [2.24, 2.45) is 11.8 Å². The normalized spacial score (nSPS) is 15.4. The first-order valence-corrected chi connectivity index (χ1v) is 40.0. The number of Topliss-reactive ketones (excluding diaryl/α,β-unsaturated/α-hetero) is 2. The molecule has 5 heterocycles. The molecular formula is C83H94F4N4O5S4. The summed E-state index contributed by atoms with van der Waals surface area (Å²) < 4.78 is 81.5. The van der Waals surface area contributed by atoms with Crippen molar-refractivity contribution in [1.82, 2.24) is 0 Å². The number of halogens is 4. The second-order valence-corrected chi connectivity index (χ2v) is 31.3. The fourth-order valence-corrected chi connectivity index (χ4v) is 18.8. The number of nitriles is 3. The zero-order valence-corrected chi connectivity index (χ0v) is 62.3. The Bertz CT molecular complexity index is 4130. The molecule has 0 amide bonds. The van der Waals surface area contributed by atoms with E-state index in [4.69, 9.17) is 20.8 Å². The highest BCUT2D eigenvalue weighted by molar-refractivity contribution is 7.29. The lowest BCUT2D eigenvalue weighted by molar-refractivity contribution is 0.0398. The summed E-state index contributed by atoms with van der Waals surface area (Å²) in [5, 5.41) is 30.7. The molecule has 0 saturated heterocycles. The molecule has 6 aromatic rings. The van der Waals surface area contributed by atoms with Gasteiger partial charge in [0.2, 0.25) is 0 Å². The molecule has 0 N–H and O–H groups in total. The highest BCUT2D eigenvalue weighted by Crippen LogP contribution is 2.61. The first-order valence-electron chi connectivity index (χ1n) is 36.7. The second-order valence-electron chi connectivity index (χ2n) is 27.1. The molecule has 0 radical (unpaired) electrons. The van der Waals surface area contributed by atoms with Gasteiger partial charge in [-0.25, -0.2) is 27.7 Å². The van der Waals surface area contributed by atoms with Crippen molar-refractivity contribution in [1.29, 1.82) is 15.8 Å². The number of benzene rings is 2. The maximum atomic E-state index is 15.0. The van der Waals surface area contributed by atoms with Gasteiger partial charge in [-0.2, -0.15) is 10.5 Å². The van der Waals surface area contributed by atoms with Gasteiger partial charge in [-0.3, -0.25) is 9.59 Å². The van der Waals surface area contributed by atoms with Crippen molar-refractivity contribution >= 4 is 80.2 Å². The lowest BCUT2D eigenvalue weighted by Crippen LogP contribution is -2.35. The quantitative estimate of drug-likeness (QED) is 0.0122. The van der Waals surface area contributed by atoms with Gasteiger partial charge in [-0.15, -0.1) is 45.3 Å². The van der Waals surface area contributed by atoms with Crippen molar-refractivity contribution in [3.05, 3.63) is 143 Å². The second kappa shape index (κ2) is 37.5. The van der Waals surface area contributed by atoms with Gasteiger partial charge in [0, 0.05) is 59.7 Å². The molecule has 0 fully saturated rings. The van der Waals surface area contributed by atoms with Crippen LogP contribution in [0.25, 0.3) is 57.4 Å². The molecule has 3 aliphatic rings. The van der Waals surface area contributed by atoms with E-state index in [0.29, 0.717) is 34.5 Å². The number of hydrogen-bond donors (Lipinski definition) is 0. The summed E-state index contributed by atoms with van der Waals surface area (Å²) in [6.45, 7) is 22.0. The van der Waals surface area contributed by atoms with Gasteiger partial charge in [-0.05, 0) is 116 Å². The van der Waals surface area contributed by atoms with Crippen LogP contribution < -0.4 is 14.2 Å². The maximum absolute atomic E-state index is 15.0. The monoisotopic (exact) mass is 1430 g/mol. The van der Waals surface area contributed by atoms with Crippen LogP contribution in [0.5, 0.6) is 17.2 Å².